The van der Waals surface area contributed by atoms with Crippen LogP contribution in [-0.4, -0.2) is 68.0 Å². The van der Waals surface area contributed by atoms with Gasteiger partial charge in [-0.1, -0.05) is 0 Å². The average molecular weight is 366 g/mol. The first-order valence-electron chi connectivity index (χ1n) is 9.25. The van der Waals surface area contributed by atoms with Crippen molar-refractivity contribution in [1.82, 2.24) is 34.7 Å². The molecule has 0 spiro atoms. The SMILES string of the molecule is COc1nccc(CN(C)C2CN(c3ccc4nnc(C5CC5)n4n3)C2)n1. The molecule has 0 radical (unpaired) electrons. The second-order valence-corrected chi connectivity index (χ2v) is 7.30. The molecule has 1 aliphatic carbocycles. The third-order valence-corrected chi connectivity index (χ3v) is 5.31. The fourth-order valence-corrected chi connectivity index (χ4v) is 3.43. The number of hydrogen-bond donors (Lipinski definition) is 0. The number of fused-ring (bicyclic) bond motifs is 1. The molecule has 5 rings (SSSR count). The molecule has 9 nitrogen and oxygen atoms in total. The minimum absolute atomic E-state index is 0.411. The molecule has 3 aromatic heterocycles. The number of methoxy groups -OCH3 is 1. The number of nitrogens with zero attached hydrogens (tertiary/aromatic N) is 8. The number of anilines is 1. The topological polar surface area (TPSA) is 84.6 Å². The van der Waals surface area contributed by atoms with Crippen LogP contribution in [0.2, 0.25) is 0 Å². The number of aromatic nitrogens is 6. The summed E-state index contributed by atoms with van der Waals surface area (Å²) < 4.78 is 7.02. The second-order valence-electron chi connectivity index (χ2n) is 7.30. The summed E-state index contributed by atoms with van der Waals surface area (Å²) in [6, 6.07) is 6.84. The van der Waals surface area contributed by atoms with E-state index in [-0.39, 0.29) is 0 Å². The predicted molar refractivity (Wildman–Crippen MR) is 98.8 cm³/mol. The predicted octanol–water partition coefficient (Wildman–Crippen LogP) is 1.12. The highest BCUT2D eigenvalue weighted by Crippen LogP contribution is 2.38. The average Bonchev–Trinajstić information content (AvgIpc) is 3.40. The lowest BCUT2D eigenvalue weighted by Gasteiger charge is -2.44. The van der Waals surface area contributed by atoms with Gasteiger partial charge in [0.2, 0.25) is 0 Å². The van der Waals surface area contributed by atoms with Crippen LogP contribution in [0.1, 0.15) is 30.3 Å². The summed E-state index contributed by atoms with van der Waals surface area (Å²) in [7, 11) is 3.71. The minimum atomic E-state index is 0.411. The van der Waals surface area contributed by atoms with Crippen molar-refractivity contribution in [2.75, 3.05) is 32.1 Å². The Morgan fingerprint density at radius 3 is 2.81 bits per heavy atom. The molecule has 4 heterocycles. The van der Waals surface area contributed by atoms with Gasteiger partial charge in [-0.15, -0.1) is 15.3 Å². The minimum Gasteiger partial charge on any atom is -0.467 e. The van der Waals surface area contributed by atoms with Gasteiger partial charge in [-0.2, -0.15) is 9.50 Å². The van der Waals surface area contributed by atoms with Gasteiger partial charge >= 0.3 is 6.01 Å². The van der Waals surface area contributed by atoms with E-state index in [2.05, 4.69) is 37.0 Å². The van der Waals surface area contributed by atoms with Crippen molar-refractivity contribution < 1.29 is 4.74 Å². The van der Waals surface area contributed by atoms with Crippen LogP contribution in [0.3, 0.4) is 0 Å². The van der Waals surface area contributed by atoms with Gasteiger partial charge in [-0.25, -0.2) is 4.98 Å². The lowest BCUT2D eigenvalue weighted by atomic mass is 10.1. The highest BCUT2D eigenvalue weighted by atomic mass is 16.5. The molecule has 1 saturated carbocycles. The van der Waals surface area contributed by atoms with Crippen LogP contribution >= 0.6 is 0 Å². The summed E-state index contributed by atoms with van der Waals surface area (Å²) >= 11 is 0. The van der Waals surface area contributed by atoms with Crippen molar-refractivity contribution in [3.05, 3.63) is 35.9 Å². The molecule has 3 aromatic rings. The lowest BCUT2D eigenvalue weighted by molar-refractivity contribution is 0.194. The van der Waals surface area contributed by atoms with Crippen LogP contribution in [-0.2, 0) is 6.54 Å². The van der Waals surface area contributed by atoms with E-state index in [0.717, 1.165) is 42.6 Å². The van der Waals surface area contributed by atoms with E-state index in [1.807, 2.05) is 22.7 Å². The highest BCUT2D eigenvalue weighted by molar-refractivity contribution is 5.48. The summed E-state index contributed by atoms with van der Waals surface area (Å²) in [5, 5.41) is 13.3. The molecule has 140 valence electrons. The molecule has 0 aromatic carbocycles. The van der Waals surface area contributed by atoms with E-state index in [9.17, 15) is 0 Å². The maximum absolute atomic E-state index is 5.10. The van der Waals surface area contributed by atoms with Crippen LogP contribution in [0.4, 0.5) is 5.82 Å². The Morgan fingerprint density at radius 1 is 1.19 bits per heavy atom. The fraction of sp³-hybridized carbons (Fsp3) is 0.500. The van der Waals surface area contributed by atoms with Crippen LogP contribution < -0.4 is 9.64 Å². The van der Waals surface area contributed by atoms with Gasteiger partial charge < -0.3 is 9.64 Å². The van der Waals surface area contributed by atoms with Gasteiger partial charge in [0.25, 0.3) is 0 Å². The summed E-state index contributed by atoms with van der Waals surface area (Å²) in [4.78, 5) is 13.1. The molecule has 0 atom stereocenters. The first kappa shape index (κ1) is 16.4. The Hall–Kier alpha value is -2.81. The van der Waals surface area contributed by atoms with Crippen molar-refractivity contribution in [2.24, 2.45) is 0 Å². The van der Waals surface area contributed by atoms with Crippen LogP contribution in [0.15, 0.2) is 24.4 Å². The molecule has 1 aliphatic heterocycles. The zero-order valence-corrected chi connectivity index (χ0v) is 15.5. The van der Waals surface area contributed by atoms with Gasteiger partial charge in [0.05, 0.1) is 12.8 Å². The Kier molecular flexibility index (Phi) is 3.89. The van der Waals surface area contributed by atoms with Crippen LogP contribution in [0, 0.1) is 0 Å². The van der Waals surface area contributed by atoms with E-state index in [0.29, 0.717) is 18.0 Å². The normalized spacial score (nSPS) is 17.5. The molecule has 0 unspecified atom stereocenters. The fourth-order valence-electron chi connectivity index (χ4n) is 3.43. The molecule has 27 heavy (non-hydrogen) atoms. The third kappa shape index (κ3) is 3.08. The number of likely N-dealkylation sites (N-methyl/N-ethyl adjacent to an activating group) is 1. The van der Waals surface area contributed by atoms with E-state index >= 15 is 0 Å². The van der Waals surface area contributed by atoms with Gasteiger partial charge in [0.1, 0.15) is 5.82 Å². The summed E-state index contributed by atoms with van der Waals surface area (Å²) in [6.45, 7) is 2.65. The van der Waals surface area contributed by atoms with E-state index in [1.165, 1.54) is 12.8 Å². The molecule has 2 aliphatic rings. The van der Waals surface area contributed by atoms with Gasteiger partial charge in [0, 0.05) is 37.8 Å². The van der Waals surface area contributed by atoms with Gasteiger partial charge in [-0.05, 0) is 38.1 Å². The lowest BCUT2D eigenvalue weighted by Crippen LogP contribution is -2.58. The largest absolute Gasteiger partial charge is 0.467 e. The maximum atomic E-state index is 5.10. The Morgan fingerprint density at radius 2 is 2.04 bits per heavy atom. The molecule has 0 bridgehead atoms. The Labute approximate surface area is 157 Å². The smallest absolute Gasteiger partial charge is 0.316 e. The van der Waals surface area contributed by atoms with Crippen molar-refractivity contribution in [2.45, 2.75) is 31.3 Å². The second kappa shape index (κ2) is 6.41. The molecular weight excluding hydrogens is 344 g/mol. The number of hydrogen-bond acceptors (Lipinski definition) is 8. The Bertz CT molecular complexity index is 963. The molecule has 1 saturated heterocycles. The van der Waals surface area contributed by atoms with Crippen molar-refractivity contribution in [3.63, 3.8) is 0 Å². The number of ether oxygens (including phenoxy) is 1. The van der Waals surface area contributed by atoms with Crippen LogP contribution in [0.25, 0.3) is 5.65 Å². The standard InChI is InChI=1S/C18H22N8O/c1-24(9-13-7-8-19-18(20-13)27-2)14-10-25(11-14)16-6-5-15-21-22-17(12-3-4-12)26(15)23-16/h5-8,12,14H,3-4,9-11H2,1-2H3. The Balaban J connectivity index is 1.24. The summed E-state index contributed by atoms with van der Waals surface area (Å²) in [5.41, 5.74) is 1.79. The van der Waals surface area contributed by atoms with E-state index in [4.69, 9.17) is 9.84 Å². The first-order chi connectivity index (χ1) is 13.2. The third-order valence-electron chi connectivity index (χ3n) is 5.31. The molecule has 9 heteroatoms. The monoisotopic (exact) mass is 366 g/mol. The quantitative estimate of drug-likeness (QED) is 0.642. The van der Waals surface area contributed by atoms with Crippen LogP contribution in [0.5, 0.6) is 6.01 Å². The van der Waals surface area contributed by atoms with Crippen molar-refractivity contribution >= 4 is 11.5 Å². The van der Waals surface area contributed by atoms with E-state index < -0.39 is 0 Å². The molecule has 0 N–H and O–H groups in total. The highest BCUT2D eigenvalue weighted by Gasteiger charge is 2.33. The van der Waals surface area contributed by atoms with E-state index in [1.54, 1.807) is 13.3 Å². The zero-order valence-electron chi connectivity index (χ0n) is 15.5. The summed E-state index contributed by atoms with van der Waals surface area (Å²) in [5.74, 6) is 2.51. The molecule has 0 amide bonds. The zero-order chi connectivity index (χ0) is 18.4. The summed E-state index contributed by atoms with van der Waals surface area (Å²) in [6.07, 6.45) is 4.12. The van der Waals surface area contributed by atoms with Crippen molar-refractivity contribution in [3.8, 4) is 6.01 Å². The molecular formula is C18H22N8O. The van der Waals surface area contributed by atoms with Gasteiger partial charge in [0.15, 0.2) is 11.5 Å². The maximum Gasteiger partial charge on any atom is 0.316 e. The number of rotatable bonds is 6. The molecule has 2 fully saturated rings. The van der Waals surface area contributed by atoms with Crippen molar-refractivity contribution in [1.29, 1.82) is 0 Å². The van der Waals surface area contributed by atoms with Gasteiger partial charge in [-0.3, -0.25) is 4.90 Å². The first-order valence-corrected chi connectivity index (χ1v) is 9.25.